The van der Waals surface area contributed by atoms with E-state index in [1.807, 2.05) is 56.0 Å². The first-order valence-electron chi connectivity index (χ1n) is 9.50. The number of hydrogen-bond donors (Lipinski definition) is 2. The molecule has 2 rings (SSSR count). The summed E-state index contributed by atoms with van der Waals surface area (Å²) < 4.78 is 5.37. The lowest BCUT2D eigenvalue weighted by Gasteiger charge is -2.37. The Bertz CT molecular complexity index is 679. The minimum Gasteiger partial charge on any atom is -0.444 e. The quantitative estimate of drug-likeness (QED) is 0.820. The summed E-state index contributed by atoms with van der Waals surface area (Å²) in [5.41, 5.74) is 0.422. The molecule has 0 saturated carbocycles. The Morgan fingerprint density at radius 3 is 2.25 bits per heavy atom. The maximum atomic E-state index is 12.3. The highest BCUT2D eigenvalue weighted by Gasteiger charge is 2.30. The van der Waals surface area contributed by atoms with E-state index >= 15 is 0 Å². The number of amides is 4. The van der Waals surface area contributed by atoms with Gasteiger partial charge < -0.3 is 15.0 Å². The summed E-state index contributed by atoms with van der Waals surface area (Å²) in [4.78, 5) is 40.0. The number of imide groups is 1. The van der Waals surface area contributed by atoms with E-state index in [1.54, 1.807) is 11.8 Å². The van der Waals surface area contributed by atoms with Crippen LogP contribution < -0.4 is 10.6 Å². The number of nitrogens with zero attached hydrogens (tertiary/aromatic N) is 2. The molecule has 2 N–H and O–H groups in total. The zero-order valence-corrected chi connectivity index (χ0v) is 17.0. The van der Waals surface area contributed by atoms with Gasteiger partial charge in [0.25, 0.3) is 0 Å². The molecule has 0 bridgehead atoms. The monoisotopic (exact) mass is 390 g/mol. The molecular weight excluding hydrogens is 360 g/mol. The van der Waals surface area contributed by atoms with Gasteiger partial charge in [0.2, 0.25) is 5.91 Å². The average Bonchev–Trinajstić information content (AvgIpc) is 2.65. The first-order chi connectivity index (χ1) is 13.2. The van der Waals surface area contributed by atoms with Gasteiger partial charge in [-0.05, 0) is 33.3 Å². The summed E-state index contributed by atoms with van der Waals surface area (Å²) in [6.45, 7) is 9.63. The van der Waals surface area contributed by atoms with E-state index in [1.165, 1.54) is 0 Å². The van der Waals surface area contributed by atoms with Gasteiger partial charge in [-0.25, -0.2) is 9.59 Å². The topological polar surface area (TPSA) is 91.0 Å². The Balaban J connectivity index is 1.74. The summed E-state index contributed by atoms with van der Waals surface area (Å²) >= 11 is 0. The summed E-state index contributed by atoms with van der Waals surface area (Å²) in [6, 6.07) is 8.48. The molecule has 0 aliphatic carbocycles. The van der Waals surface area contributed by atoms with Gasteiger partial charge in [0.1, 0.15) is 5.60 Å². The highest BCUT2D eigenvalue weighted by atomic mass is 16.6. The van der Waals surface area contributed by atoms with E-state index in [0.717, 1.165) is 5.56 Å². The maximum absolute atomic E-state index is 12.3. The highest BCUT2D eigenvalue weighted by Crippen LogP contribution is 2.13. The molecule has 1 atom stereocenters. The van der Waals surface area contributed by atoms with Crippen molar-refractivity contribution < 1.29 is 19.1 Å². The molecule has 8 heteroatoms. The molecule has 1 saturated heterocycles. The van der Waals surface area contributed by atoms with E-state index in [9.17, 15) is 14.4 Å². The predicted molar refractivity (Wildman–Crippen MR) is 106 cm³/mol. The smallest absolute Gasteiger partial charge is 0.410 e. The third kappa shape index (κ3) is 6.84. The van der Waals surface area contributed by atoms with E-state index < -0.39 is 17.7 Å². The van der Waals surface area contributed by atoms with Crippen molar-refractivity contribution >= 4 is 18.0 Å². The Morgan fingerprint density at radius 2 is 1.68 bits per heavy atom. The van der Waals surface area contributed by atoms with E-state index in [2.05, 4.69) is 10.6 Å². The lowest BCUT2D eigenvalue weighted by Crippen LogP contribution is -2.56. The van der Waals surface area contributed by atoms with Crippen LogP contribution in [0.3, 0.4) is 0 Å². The van der Waals surface area contributed by atoms with Gasteiger partial charge in [-0.3, -0.25) is 15.0 Å². The van der Waals surface area contributed by atoms with Crippen LogP contribution in [-0.4, -0.2) is 65.7 Å². The SMILES string of the molecule is CC(C(=O)NC(=O)NCc1ccccc1)N1CCN(C(=O)OC(C)(C)C)CC1. The third-order valence-corrected chi connectivity index (χ3v) is 4.43. The highest BCUT2D eigenvalue weighted by molar-refractivity contribution is 5.96. The van der Waals surface area contributed by atoms with E-state index in [4.69, 9.17) is 4.74 Å². The molecule has 154 valence electrons. The predicted octanol–water partition coefficient (Wildman–Crippen LogP) is 1.95. The van der Waals surface area contributed by atoms with Crippen molar-refractivity contribution in [3.05, 3.63) is 35.9 Å². The molecule has 1 heterocycles. The number of carbonyl (C=O) groups excluding carboxylic acids is 3. The number of piperazine rings is 1. The minimum absolute atomic E-state index is 0.343. The fourth-order valence-corrected chi connectivity index (χ4v) is 2.82. The summed E-state index contributed by atoms with van der Waals surface area (Å²) in [6.07, 6.45) is -0.343. The second-order valence-electron chi connectivity index (χ2n) is 7.84. The number of urea groups is 1. The van der Waals surface area contributed by atoms with Crippen molar-refractivity contribution in [2.75, 3.05) is 26.2 Å². The summed E-state index contributed by atoms with van der Waals surface area (Å²) in [7, 11) is 0. The molecule has 0 spiro atoms. The number of hydrogen-bond acceptors (Lipinski definition) is 5. The molecule has 1 aromatic carbocycles. The van der Waals surface area contributed by atoms with E-state index in [0.29, 0.717) is 32.7 Å². The van der Waals surface area contributed by atoms with Gasteiger partial charge in [0.15, 0.2) is 0 Å². The van der Waals surface area contributed by atoms with Gasteiger partial charge >= 0.3 is 12.1 Å². The molecule has 0 radical (unpaired) electrons. The molecule has 28 heavy (non-hydrogen) atoms. The number of rotatable bonds is 4. The Kier molecular flexibility index (Phi) is 7.39. The molecule has 1 aliphatic heterocycles. The van der Waals surface area contributed by atoms with Crippen LogP contribution in [-0.2, 0) is 16.1 Å². The van der Waals surface area contributed by atoms with Gasteiger partial charge in [0.05, 0.1) is 6.04 Å². The number of carbonyl (C=O) groups is 3. The standard InChI is InChI=1S/C20H30N4O4/c1-15(17(25)22-18(26)21-14-16-8-6-5-7-9-16)23-10-12-24(13-11-23)19(27)28-20(2,3)4/h5-9,15H,10-14H2,1-4H3,(H2,21,22,25,26). The Morgan fingerprint density at radius 1 is 1.07 bits per heavy atom. The van der Waals surface area contributed by atoms with Crippen molar-refractivity contribution in [1.82, 2.24) is 20.4 Å². The number of nitrogens with one attached hydrogen (secondary N) is 2. The third-order valence-electron chi connectivity index (χ3n) is 4.43. The van der Waals surface area contributed by atoms with Gasteiger partial charge in [-0.15, -0.1) is 0 Å². The Labute approximate surface area is 166 Å². The average molecular weight is 390 g/mol. The molecule has 1 aliphatic rings. The van der Waals surface area contributed by atoms with Crippen molar-refractivity contribution in [1.29, 1.82) is 0 Å². The first kappa shape index (κ1) is 21.7. The molecule has 0 aromatic heterocycles. The fraction of sp³-hybridized carbons (Fsp3) is 0.550. The molecular formula is C20H30N4O4. The second kappa shape index (κ2) is 9.54. The van der Waals surface area contributed by atoms with Crippen LogP contribution in [0.15, 0.2) is 30.3 Å². The van der Waals surface area contributed by atoms with Crippen LogP contribution in [0.1, 0.15) is 33.3 Å². The largest absolute Gasteiger partial charge is 0.444 e. The minimum atomic E-state index is -0.533. The molecule has 1 unspecified atom stereocenters. The number of benzene rings is 1. The molecule has 1 aromatic rings. The van der Waals surface area contributed by atoms with Crippen LogP contribution in [0, 0.1) is 0 Å². The lowest BCUT2D eigenvalue weighted by molar-refractivity contribution is -0.125. The van der Waals surface area contributed by atoms with Crippen LogP contribution >= 0.6 is 0 Å². The Hall–Kier alpha value is -2.61. The van der Waals surface area contributed by atoms with Crippen molar-refractivity contribution in [2.45, 2.75) is 45.9 Å². The fourth-order valence-electron chi connectivity index (χ4n) is 2.82. The molecule has 4 amide bonds. The summed E-state index contributed by atoms with van der Waals surface area (Å²) in [5.74, 6) is -0.365. The molecule has 8 nitrogen and oxygen atoms in total. The maximum Gasteiger partial charge on any atom is 0.410 e. The lowest BCUT2D eigenvalue weighted by atomic mass is 10.2. The van der Waals surface area contributed by atoms with Crippen LogP contribution in [0.25, 0.3) is 0 Å². The zero-order chi connectivity index (χ0) is 20.7. The molecule has 1 fully saturated rings. The van der Waals surface area contributed by atoms with Crippen molar-refractivity contribution in [3.8, 4) is 0 Å². The summed E-state index contributed by atoms with van der Waals surface area (Å²) in [5, 5.41) is 5.05. The first-order valence-corrected chi connectivity index (χ1v) is 9.50. The van der Waals surface area contributed by atoms with Crippen LogP contribution in [0.4, 0.5) is 9.59 Å². The van der Waals surface area contributed by atoms with Gasteiger partial charge in [-0.2, -0.15) is 0 Å². The zero-order valence-electron chi connectivity index (χ0n) is 17.0. The normalized spacial score (nSPS) is 16.2. The van der Waals surface area contributed by atoms with Crippen molar-refractivity contribution in [2.24, 2.45) is 0 Å². The van der Waals surface area contributed by atoms with Crippen molar-refractivity contribution in [3.63, 3.8) is 0 Å². The van der Waals surface area contributed by atoms with Crippen LogP contribution in [0.5, 0.6) is 0 Å². The second-order valence-corrected chi connectivity index (χ2v) is 7.84. The number of ether oxygens (including phenoxy) is 1. The van der Waals surface area contributed by atoms with Gasteiger partial charge in [-0.1, -0.05) is 30.3 Å². The van der Waals surface area contributed by atoms with Gasteiger partial charge in [0, 0.05) is 32.7 Å². The van der Waals surface area contributed by atoms with Crippen LogP contribution in [0.2, 0.25) is 0 Å². The van der Waals surface area contributed by atoms with E-state index in [-0.39, 0.29) is 12.0 Å².